The van der Waals surface area contributed by atoms with Crippen molar-refractivity contribution in [3.63, 3.8) is 0 Å². The molecule has 2 N–H and O–H groups in total. The average Bonchev–Trinajstić information content (AvgIpc) is 2.75. The molecule has 2 amide bonds. The van der Waals surface area contributed by atoms with E-state index in [2.05, 4.69) is 17.0 Å². The number of thioether (sulfide) groups is 1. The van der Waals surface area contributed by atoms with Gasteiger partial charge in [-0.3, -0.25) is 14.3 Å². The van der Waals surface area contributed by atoms with Crippen LogP contribution in [0.5, 0.6) is 0 Å². The number of carbonyl (C=O) groups excluding carboxylic acids is 2. The number of benzene rings is 2. The fraction of sp³-hybridized carbons (Fsp3) is 0.364. The van der Waals surface area contributed by atoms with Crippen LogP contribution in [0.3, 0.4) is 0 Å². The first-order valence-electron chi connectivity index (χ1n) is 10.3. The van der Waals surface area contributed by atoms with Crippen LogP contribution in [0.25, 0.3) is 0 Å². The molecule has 1 atom stereocenters. The van der Waals surface area contributed by atoms with E-state index < -0.39 is 21.2 Å². The molecule has 2 aromatic rings. The smallest absolute Gasteiger partial charge is 0.261 e. The number of rotatable bonds is 4. The fourth-order valence-electron chi connectivity index (χ4n) is 3.72. The van der Waals surface area contributed by atoms with Gasteiger partial charge in [-0.15, -0.1) is 11.8 Å². The van der Waals surface area contributed by atoms with E-state index in [4.69, 9.17) is 11.6 Å². The molecule has 0 radical (unpaired) electrons. The van der Waals surface area contributed by atoms with Crippen LogP contribution in [0, 0.1) is 12.8 Å². The van der Waals surface area contributed by atoms with Gasteiger partial charge in [-0.25, -0.2) is 8.42 Å². The summed E-state index contributed by atoms with van der Waals surface area (Å²) in [4.78, 5) is 28.0. The number of nitrogens with one attached hydrogen (secondary N) is 2. The largest absolute Gasteiger partial charge is 0.341 e. The van der Waals surface area contributed by atoms with Crippen molar-refractivity contribution in [2.75, 3.05) is 23.1 Å². The number of hydrogen-bond donors (Lipinski definition) is 2. The number of piperidine rings is 1. The van der Waals surface area contributed by atoms with Crippen LogP contribution in [-0.4, -0.2) is 43.5 Å². The van der Waals surface area contributed by atoms with Crippen LogP contribution in [0.15, 0.2) is 46.2 Å². The Morgan fingerprint density at radius 1 is 1.19 bits per heavy atom. The minimum Gasteiger partial charge on any atom is -0.341 e. The number of likely N-dealkylation sites (tertiary alicyclic amines) is 1. The first-order valence-corrected chi connectivity index (χ1v) is 13.1. The van der Waals surface area contributed by atoms with Crippen LogP contribution in [-0.2, 0) is 19.6 Å². The number of aryl methyl sites for hydroxylation is 1. The Balaban J connectivity index is 1.53. The predicted octanol–water partition coefficient (Wildman–Crippen LogP) is 4.12. The molecule has 4 rings (SSSR count). The average molecular weight is 494 g/mol. The number of sulfonamides is 1. The van der Waals surface area contributed by atoms with E-state index in [9.17, 15) is 18.0 Å². The van der Waals surface area contributed by atoms with Crippen molar-refractivity contribution in [1.29, 1.82) is 0 Å². The maximum Gasteiger partial charge on any atom is 0.261 e. The molecule has 0 spiro atoms. The van der Waals surface area contributed by atoms with Crippen molar-refractivity contribution in [3.05, 3.63) is 47.0 Å². The van der Waals surface area contributed by atoms with Crippen LogP contribution in [0.4, 0.5) is 11.4 Å². The monoisotopic (exact) mass is 493 g/mol. The van der Waals surface area contributed by atoms with Crippen molar-refractivity contribution in [1.82, 2.24) is 4.90 Å². The number of carbonyl (C=O) groups is 2. The maximum atomic E-state index is 12.9. The Morgan fingerprint density at radius 3 is 2.62 bits per heavy atom. The first-order chi connectivity index (χ1) is 15.1. The Hall–Kier alpha value is -2.23. The summed E-state index contributed by atoms with van der Waals surface area (Å²) in [5.74, 6) is -0.0450. The van der Waals surface area contributed by atoms with Crippen molar-refractivity contribution < 1.29 is 18.0 Å². The summed E-state index contributed by atoms with van der Waals surface area (Å²) in [6.45, 7) is 5.25. The number of fused-ring (bicyclic) bond motifs is 1. The minimum absolute atomic E-state index is 0.00585. The van der Waals surface area contributed by atoms with E-state index in [-0.39, 0.29) is 10.8 Å². The van der Waals surface area contributed by atoms with Gasteiger partial charge < -0.3 is 10.2 Å². The molecule has 2 aromatic carbocycles. The fourth-order valence-corrected chi connectivity index (χ4v) is 6.09. The Morgan fingerprint density at radius 2 is 1.91 bits per heavy atom. The van der Waals surface area contributed by atoms with E-state index in [1.54, 1.807) is 36.1 Å². The third-order valence-electron chi connectivity index (χ3n) is 5.77. The summed E-state index contributed by atoms with van der Waals surface area (Å²) >= 11 is 7.15. The number of amides is 2. The summed E-state index contributed by atoms with van der Waals surface area (Å²) < 4.78 is 28.3. The summed E-state index contributed by atoms with van der Waals surface area (Å²) in [6, 6.07) is 9.45. The lowest BCUT2D eigenvalue weighted by molar-refractivity contribution is -0.135. The van der Waals surface area contributed by atoms with Crippen molar-refractivity contribution >= 4 is 56.6 Å². The van der Waals surface area contributed by atoms with Gasteiger partial charge in [0.15, 0.2) is 5.25 Å². The highest BCUT2D eigenvalue weighted by Gasteiger charge is 2.37. The Labute approximate surface area is 196 Å². The molecule has 0 aromatic heterocycles. The molecule has 2 heterocycles. The molecular weight excluding hydrogens is 470 g/mol. The molecule has 2 aliphatic rings. The molecule has 2 aliphatic heterocycles. The van der Waals surface area contributed by atoms with E-state index in [1.165, 1.54) is 12.1 Å². The maximum absolute atomic E-state index is 12.9. The summed E-state index contributed by atoms with van der Waals surface area (Å²) in [5.41, 5.74) is 1.49. The van der Waals surface area contributed by atoms with Gasteiger partial charge in [0.1, 0.15) is 0 Å². The molecule has 170 valence electrons. The molecule has 0 bridgehead atoms. The lowest BCUT2D eigenvalue weighted by atomic mass is 9.99. The SMILES string of the molecule is Cc1ccc(Cl)cc1NS(=O)(=O)c1ccc2c(c1)NC(=O)C(C(=O)N1CCC(C)CC1)S2. The number of hydrogen-bond acceptors (Lipinski definition) is 5. The second kappa shape index (κ2) is 8.96. The summed E-state index contributed by atoms with van der Waals surface area (Å²) in [7, 11) is -3.90. The molecule has 1 fully saturated rings. The highest BCUT2D eigenvalue weighted by molar-refractivity contribution is 8.01. The lowest BCUT2D eigenvalue weighted by Gasteiger charge is -2.33. The highest BCUT2D eigenvalue weighted by Crippen LogP contribution is 2.38. The molecule has 0 saturated carbocycles. The molecule has 1 unspecified atom stereocenters. The highest BCUT2D eigenvalue weighted by atomic mass is 35.5. The van der Waals surface area contributed by atoms with Gasteiger partial charge in [0.25, 0.3) is 10.0 Å². The summed E-state index contributed by atoms with van der Waals surface area (Å²) in [6.07, 6.45) is 1.86. The minimum atomic E-state index is -3.90. The molecule has 0 aliphatic carbocycles. The molecule has 10 heteroatoms. The van der Waals surface area contributed by atoms with Crippen LogP contribution in [0.1, 0.15) is 25.3 Å². The zero-order chi connectivity index (χ0) is 23.0. The van der Waals surface area contributed by atoms with Crippen molar-refractivity contribution in [2.24, 2.45) is 5.92 Å². The number of halogens is 1. The zero-order valence-electron chi connectivity index (χ0n) is 17.7. The van der Waals surface area contributed by atoms with Gasteiger partial charge in [-0.1, -0.05) is 24.6 Å². The van der Waals surface area contributed by atoms with Crippen LogP contribution in [0.2, 0.25) is 5.02 Å². The third kappa shape index (κ3) is 4.74. The van der Waals surface area contributed by atoms with Gasteiger partial charge >= 0.3 is 0 Å². The van der Waals surface area contributed by atoms with Gasteiger partial charge in [-0.05, 0) is 61.6 Å². The molecular formula is C22H24ClN3O4S2. The standard InChI is InChI=1S/C22H24ClN3O4S2/c1-13-7-9-26(10-8-13)22(28)20-21(27)24-18-12-16(5-6-19(18)31-20)32(29,30)25-17-11-15(23)4-3-14(17)2/h3-6,11-13,20,25H,7-10H2,1-2H3,(H,24,27). The Kier molecular flexibility index (Phi) is 6.42. The van der Waals surface area contributed by atoms with Gasteiger partial charge in [-0.2, -0.15) is 0 Å². The molecule has 1 saturated heterocycles. The van der Waals surface area contributed by atoms with Crippen LogP contribution < -0.4 is 10.0 Å². The van der Waals surface area contributed by atoms with Crippen molar-refractivity contribution in [3.8, 4) is 0 Å². The van der Waals surface area contributed by atoms with Gasteiger partial charge in [0.05, 0.1) is 16.3 Å². The van der Waals surface area contributed by atoms with Crippen LogP contribution >= 0.6 is 23.4 Å². The summed E-state index contributed by atoms with van der Waals surface area (Å²) in [5, 5.41) is 2.26. The second-order valence-corrected chi connectivity index (χ2v) is 11.5. The third-order valence-corrected chi connectivity index (χ3v) is 8.63. The van der Waals surface area contributed by atoms with Gasteiger partial charge in [0, 0.05) is 23.0 Å². The number of nitrogens with zero attached hydrogens (tertiary/aromatic N) is 1. The first kappa shape index (κ1) is 22.9. The second-order valence-electron chi connectivity index (χ2n) is 8.22. The molecule has 32 heavy (non-hydrogen) atoms. The zero-order valence-corrected chi connectivity index (χ0v) is 20.1. The quantitative estimate of drug-likeness (QED) is 0.624. The topological polar surface area (TPSA) is 95.6 Å². The molecule has 7 nitrogen and oxygen atoms in total. The van der Waals surface area contributed by atoms with E-state index in [0.717, 1.165) is 30.2 Å². The van der Waals surface area contributed by atoms with E-state index >= 15 is 0 Å². The van der Waals surface area contributed by atoms with Gasteiger partial charge in [0.2, 0.25) is 11.8 Å². The van der Waals surface area contributed by atoms with Crippen molar-refractivity contribution in [2.45, 2.75) is 41.7 Å². The Bertz CT molecular complexity index is 1180. The lowest BCUT2D eigenvalue weighted by Crippen LogP contribution is -2.47. The van der Waals surface area contributed by atoms with E-state index in [0.29, 0.717) is 40.3 Å². The number of anilines is 2. The van der Waals surface area contributed by atoms with E-state index in [1.807, 2.05) is 0 Å². The predicted molar refractivity (Wildman–Crippen MR) is 127 cm³/mol. The normalized spacial score (nSPS) is 19.3.